The van der Waals surface area contributed by atoms with Crippen molar-refractivity contribution in [1.82, 2.24) is 9.80 Å². The Labute approximate surface area is 386 Å². The minimum absolute atomic E-state index is 0.0596. The summed E-state index contributed by atoms with van der Waals surface area (Å²) < 4.78 is 27.7. The summed E-state index contributed by atoms with van der Waals surface area (Å²) in [6.45, 7) is 32.4. The number of benzene rings is 4. The highest BCUT2D eigenvalue weighted by atomic mass is 16.5. The van der Waals surface area contributed by atoms with Gasteiger partial charge in [0.15, 0.2) is 0 Å². The molecule has 0 spiro atoms. The van der Waals surface area contributed by atoms with E-state index >= 15 is 0 Å². The second-order valence-corrected chi connectivity index (χ2v) is 17.2. The number of anilines is 2. The first-order valence-corrected chi connectivity index (χ1v) is 22.7. The van der Waals surface area contributed by atoms with Crippen molar-refractivity contribution in [2.24, 2.45) is 0 Å². The Morgan fingerprint density at radius 2 is 1.05 bits per heavy atom. The standard InChI is InChI=1S/C26H32N2O4.C20H21NO3.C7H15NO/c1-17-6-7-21(15-23(17)32-13-10-27-8-11-31-12-9-27)25-20(4)26(29)28(25)22-14-18(2)19(3)24(16-22)30-5;1-11-6-7-15(9-17(11)22)19-14(4)20(23)21(19)16-8-12(2)13(3)18(10-16)24-5;1-2-3-8-4-6-9-7-5-8/h6-7,14-16,25H,4,8-13H2,1-3,5H3;6-10,19,22H,4H2,1-3,5H3;2-7H2,1H3/t25-;19-;/m11./s1. The van der Waals surface area contributed by atoms with Crippen molar-refractivity contribution < 1.29 is 38.4 Å². The molecular formula is C53H68N4O8. The van der Waals surface area contributed by atoms with Crippen molar-refractivity contribution in [3.8, 4) is 23.0 Å². The van der Waals surface area contributed by atoms with Gasteiger partial charge in [-0.1, -0.05) is 44.3 Å². The summed E-state index contributed by atoms with van der Waals surface area (Å²) >= 11 is 0. The summed E-state index contributed by atoms with van der Waals surface area (Å²) in [7, 11) is 3.28. The molecule has 65 heavy (non-hydrogen) atoms. The second-order valence-electron chi connectivity index (χ2n) is 17.2. The van der Waals surface area contributed by atoms with Crippen molar-refractivity contribution in [1.29, 1.82) is 0 Å². The predicted octanol–water partition coefficient (Wildman–Crippen LogP) is 8.67. The van der Waals surface area contributed by atoms with Gasteiger partial charge < -0.3 is 28.8 Å². The van der Waals surface area contributed by atoms with Gasteiger partial charge in [-0.3, -0.25) is 29.2 Å². The molecule has 0 aromatic heterocycles. The van der Waals surface area contributed by atoms with Crippen LogP contribution in [0.3, 0.4) is 0 Å². The van der Waals surface area contributed by atoms with E-state index in [1.165, 1.54) is 13.0 Å². The Hall–Kier alpha value is -5.66. The monoisotopic (exact) mass is 889 g/mol. The number of phenolic OH excluding ortho intramolecular Hbond substituents is 1. The third-order valence-corrected chi connectivity index (χ3v) is 12.9. The average Bonchev–Trinajstić information content (AvgIpc) is 3.31. The van der Waals surface area contributed by atoms with Gasteiger partial charge in [0.25, 0.3) is 11.8 Å². The number of rotatable bonds is 12. The number of ether oxygens (including phenoxy) is 5. The molecular weight excluding hydrogens is 821 g/mol. The quantitative estimate of drug-likeness (QED) is 0.110. The smallest absolute Gasteiger partial charge is 0.256 e. The van der Waals surface area contributed by atoms with Gasteiger partial charge in [0.2, 0.25) is 0 Å². The fraction of sp³-hybridized carbons (Fsp3) is 0.434. The number of phenols is 1. The van der Waals surface area contributed by atoms with Gasteiger partial charge in [-0.05, 0) is 123 Å². The van der Waals surface area contributed by atoms with E-state index in [-0.39, 0.29) is 29.6 Å². The van der Waals surface area contributed by atoms with Crippen LogP contribution in [0.2, 0.25) is 0 Å². The van der Waals surface area contributed by atoms with E-state index in [9.17, 15) is 14.7 Å². The SMILES string of the molecule is C=C1C(=O)N(c2cc(C)c(C)c(OC)c2)[C@H]1c1ccc(C)c(O)c1.C=C1C(=O)N(c2cc(C)c(C)c(OC)c2)[C@H]1c1ccc(C)c(OCCN2CCOCC2)c1.CCCN1CCOCC1. The lowest BCUT2D eigenvalue weighted by Crippen LogP contribution is -2.48. The van der Waals surface area contributed by atoms with E-state index in [1.54, 1.807) is 30.1 Å². The lowest BCUT2D eigenvalue weighted by Gasteiger charge is -2.43. The number of β-lactam (4-membered cyclic amide) rings is 2. The highest BCUT2D eigenvalue weighted by Crippen LogP contribution is 2.46. The van der Waals surface area contributed by atoms with Gasteiger partial charge in [0.05, 0.1) is 52.7 Å². The Morgan fingerprint density at radius 3 is 1.49 bits per heavy atom. The largest absolute Gasteiger partial charge is 0.508 e. The molecule has 0 saturated carbocycles. The second kappa shape index (κ2) is 22.0. The summed E-state index contributed by atoms with van der Waals surface area (Å²) in [4.78, 5) is 33.5. The molecule has 4 aromatic rings. The number of carbonyl (C=O) groups excluding carboxylic acids is 2. The Balaban J connectivity index is 0.000000186. The van der Waals surface area contributed by atoms with Crippen molar-refractivity contribution in [3.05, 3.63) is 129 Å². The first-order valence-electron chi connectivity index (χ1n) is 22.7. The normalized spacial score (nSPS) is 18.8. The summed E-state index contributed by atoms with van der Waals surface area (Å²) in [5.74, 6) is 2.43. The summed E-state index contributed by atoms with van der Waals surface area (Å²) in [5, 5.41) is 9.99. The zero-order valence-corrected chi connectivity index (χ0v) is 39.9. The molecule has 348 valence electrons. The molecule has 4 fully saturated rings. The maximum atomic E-state index is 12.8. The Kier molecular flexibility index (Phi) is 16.5. The number of carbonyl (C=O) groups is 2. The van der Waals surface area contributed by atoms with Gasteiger partial charge >= 0.3 is 0 Å². The van der Waals surface area contributed by atoms with Crippen LogP contribution in [-0.4, -0.2) is 113 Å². The lowest BCUT2D eigenvalue weighted by atomic mass is 9.87. The average molecular weight is 889 g/mol. The molecule has 4 aromatic carbocycles. The van der Waals surface area contributed by atoms with Crippen LogP contribution >= 0.6 is 0 Å². The summed E-state index contributed by atoms with van der Waals surface area (Å²) in [5.41, 5.74) is 10.7. The topological polar surface area (TPSA) is 113 Å². The van der Waals surface area contributed by atoms with E-state index in [0.29, 0.717) is 17.8 Å². The van der Waals surface area contributed by atoms with Crippen molar-refractivity contribution in [2.75, 3.05) is 96.3 Å². The van der Waals surface area contributed by atoms with E-state index in [4.69, 9.17) is 23.7 Å². The number of aromatic hydroxyl groups is 1. The first kappa shape index (κ1) is 48.8. The van der Waals surface area contributed by atoms with Gasteiger partial charge in [-0.25, -0.2) is 0 Å². The highest BCUT2D eigenvalue weighted by molar-refractivity contribution is 6.16. The van der Waals surface area contributed by atoms with E-state index in [1.807, 2.05) is 84.0 Å². The fourth-order valence-electron chi connectivity index (χ4n) is 8.50. The number of methoxy groups -OCH3 is 2. The zero-order chi connectivity index (χ0) is 46.9. The maximum Gasteiger partial charge on any atom is 0.256 e. The molecule has 12 nitrogen and oxygen atoms in total. The molecule has 8 rings (SSSR count). The minimum Gasteiger partial charge on any atom is -0.508 e. The third kappa shape index (κ3) is 11.1. The van der Waals surface area contributed by atoms with Crippen LogP contribution in [-0.2, 0) is 19.1 Å². The maximum absolute atomic E-state index is 12.8. The number of nitrogens with zero attached hydrogens (tertiary/aromatic N) is 4. The molecule has 0 aliphatic carbocycles. The number of hydrogen-bond acceptors (Lipinski definition) is 10. The van der Waals surface area contributed by atoms with Crippen LogP contribution in [0.15, 0.2) is 85.0 Å². The first-order chi connectivity index (χ1) is 31.2. The van der Waals surface area contributed by atoms with Gasteiger partial charge in [-0.15, -0.1) is 0 Å². The number of aryl methyl sites for hydroxylation is 4. The van der Waals surface area contributed by atoms with Crippen molar-refractivity contribution in [2.45, 2.75) is 67.0 Å². The van der Waals surface area contributed by atoms with Crippen LogP contribution in [0.5, 0.6) is 23.0 Å². The van der Waals surface area contributed by atoms with Crippen LogP contribution in [0, 0.1) is 41.5 Å². The molecule has 4 heterocycles. The number of hydrogen-bond donors (Lipinski definition) is 1. The molecule has 4 aliphatic heterocycles. The lowest BCUT2D eigenvalue weighted by molar-refractivity contribution is -0.119. The molecule has 4 saturated heterocycles. The Bertz CT molecular complexity index is 2360. The highest BCUT2D eigenvalue weighted by Gasteiger charge is 2.44. The van der Waals surface area contributed by atoms with Crippen LogP contribution in [0.1, 0.15) is 69.9 Å². The molecule has 12 heteroatoms. The fourth-order valence-corrected chi connectivity index (χ4v) is 8.50. The summed E-state index contributed by atoms with van der Waals surface area (Å²) in [6, 6.07) is 18.9. The molecule has 0 bridgehead atoms. The van der Waals surface area contributed by atoms with Crippen LogP contribution in [0.25, 0.3) is 0 Å². The van der Waals surface area contributed by atoms with Crippen molar-refractivity contribution >= 4 is 23.2 Å². The molecule has 0 unspecified atom stereocenters. The van der Waals surface area contributed by atoms with Gasteiger partial charge in [-0.2, -0.15) is 0 Å². The van der Waals surface area contributed by atoms with Crippen LogP contribution in [0.4, 0.5) is 11.4 Å². The van der Waals surface area contributed by atoms with Crippen molar-refractivity contribution in [3.63, 3.8) is 0 Å². The zero-order valence-electron chi connectivity index (χ0n) is 39.9. The Morgan fingerprint density at radius 1 is 0.600 bits per heavy atom. The van der Waals surface area contributed by atoms with Gasteiger partial charge in [0, 0.05) is 67.4 Å². The van der Waals surface area contributed by atoms with E-state index < -0.39 is 0 Å². The molecule has 0 radical (unpaired) electrons. The number of morpholine rings is 2. The molecule has 4 aliphatic rings. The number of amides is 2. The summed E-state index contributed by atoms with van der Waals surface area (Å²) in [6.07, 6.45) is 1.26. The third-order valence-electron chi connectivity index (χ3n) is 12.9. The van der Waals surface area contributed by atoms with E-state index in [2.05, 4.69) is 42.0 Å². The molecule has 2 atom stereocenters. The van der Waals surface area contributed by atoms with E-state index in [0.717, 1.165) is 132 Å². The minimum atomic E-state index is -0.268. The predicted molar refractivity (Wildman–Crippen MR) is 258 cm³/mol. The van der Waals surface area contributed by atoms with Gasteiger partial charge in [0.1, 0.15) is 29.6 Å². The molecule has 2 amide bonds. The molecule has 1 N–H and O–H groups in total. The van der Waals surface area contributed by atoms with Crippen LogP contribution < -0.4 is 24.0 Å².